The van der Waals surface area contributed by atoms with Gasteiger partial charge in [-0.25, -0.2) is 18.0 Å². The van der Waals surface area contributed by atoms with Gasteiger partial charge in [0, 0.05) is 0 Å². The summed E-state index contributed by atoms with van der Waals surface area (Å²) >= 11 is 0. The topological polar surface area (TPSA) is 110 Å². The van der Waals surface area contributed by atoms with Crippen molar-refractivity contribution in [3.63, 3.8) is 0 Å². The van der Waals surface area contributed by atoms with Crippen molar-refractivity contribution in [2.75, 3.05) is 13.2 Å². The van der Waals surface area contributed by atoms with Crippen LogP contribution in [0.3, 0.4) is 0 Å². The molecule has 7 nitrogen and oxygen atoms in total. The number of benzene rings is 1. The van der Waals surface area contributed by atoms with Crippen LogP contribution in [-0.2, 0) is 19.6 Å². The second-order valence-electron chi connectivity index (χ2n) is 13.6. The van der Waals surface area contributed by atoms with Gasteiger partial charge >= 0.3 is 41.5 Å². The Morgan fingerprint density at radius 1 is 0.549 bits per heavy atom. The predicted octanol–water partition coefficient (Wildman–Crippen LogP) is 9.20. The Hall–Kier alpha value is -1.45. The summed E-state index contributed by atoms with van der Waals surface area (Å²) in [7, 11) is -5.01. The molecule has 9 heteroatoms. The minimum Gasteiger partial charge on any atom is -0.744 e. The first-order valence-corrected chi connectivity index (χ1v) is 21.5. The molecule has 0 bridgehead atoms. The molecule has 0 fully saturated rings. The van der Waals surface area contributed by atoms with Crippen LogP contribution in [0.2, 0.25) is 0 Å². The van der Waals surface area contributed by atoms with Gasteiger partial charge in [-0.15, -0.1) is 0 Å². The number of allylic oxidation sites excluding steroid dienone is 4. The molecule has 51 heavy (non-hydrogen) atoms. The molecule has 0 saturated heterocycles. The van der Waals surface area contributed by atoms with Gasteiger partial charge in [-0.1, -0.05) is 147 Å². The van der Waals surface area contributed by atoms with Crippen molar-refractivity contribution >= 4 is 22.1 Å². The quantitative estimate of drug-likeness (QED) is 0.0232. The van der Waals surface area contributed by atoms with Crippen LogP contribution < -0.4 is 29.6 Å². The summed E-state index contributed by atoms with van der Waals surface area (Å²) in [4.78, 5) is 25.1. The third kappa shape index (κ3) is 26.9. The van der Waals surface area contributed by atoms with Gasteiger partial charge in [0.15, 0.2) is 0 Å². The number of rotatable bonds is 33. The molecule has 0 heterocycles. The Labute approximate surface area is 334 Å². The van der Waals surface area contributed by atoms with Gasteiger partial charge in [-0.3, -0.25) is 0 Å². The third-order valence-electron chi connectivity index (χ3n) is 9.00. The van der Waals surface area contributed by atoms with Gasteiger partial charge in [-0.2, -0.15) is 0 Å². The van der Waals surface area contributed by atoms with Gasteiger partial charge < -0.3 is 14.0 Å². The van der Waals surface area contributed by atoms with Crippen molar-refractivity contribution in [2.24, 2.45) is 0 Å². The van der Waals surface area contributed by atoms with E-state index in [1.807, 2.05) is 0 Å². The van der Waals surface area contributed by atoms with E-state index in [-0.39, 0.29) is 48.3 Å². The van der Waals surface area contributed by atoms with Crippen molar-refractivity contribution in [1.82, 2.24) is 0 Å². The molecule has 0 aromatic heterocycles. The maximum absolute atomic E-state index is 13.0. The average molecular weight is 741 g/mol. The van der Waals surface area contributed by atoms with E-state index in [0.717, 1.165) is 51.0 Å². The Bertz CT molecular complexity index is 1180. The van der Waals surface area contributed by atoms with Crippen LogP contribution in [0.4, 0.5) is 0 Å². The molecular weight excluding hydrogens is 672 g/mol. The molecule has 0 saturated carbocycles. The first-order valence-electron chi connectivity index (χ1n) is 20.1. The molecule has 0 unspecified atom stereocenters. The molecule has 286 valence electrons. The zero-order chi connectivity index (χ0) is 36.5. The van der Waals surface area contributed by atoms with Gasteiger partial charge in [0.25, 0.3) is 0 Å². The van der Waals surface area contributed by atoms with Crippen LogP contribution in [-0.4, -0.2) is 38.1 Å². The van der Waals surface area contributed by atoms with Gasteiger partial charge in [-0.05, 0) is 76.3 Å². The van der Waals surface area contributed by atoms with Crippen LogP contribution >= 0.6 is 0 Å². The molecule has 1 rings (SSSR count). The maximum Gasteiger partial charge on any atom is 1.00 e. The largest absolute Gasteiger partial charge is 1.00 e. The fourth-order valence-electron chi connectivity index (χ4n) is 5.95. The standard InChI is InChI=1S/C42H70O7S.Na/c1-3-5-7-9-11-13-15-17-19-21-23-25-27-29-31-36-48-41(43)38-34-33-35-39(50(45,46)47)40(38)42(44)49-37-32-30-28-26-24-22-20-18-16-14-12-10-8-6-4-2;/h11-14,33-35H,3-10,15-32,36-37H2,1-2H3,(H,45,46,47);/q;+1/p-1/b13-11+,14-12+;. The first kappa shape index (κ1) is 49.6. The fraction of sp³-hybridized carbons (Fsp3) is 0.714. The van der Waals surface area contributed by atoms with E-state index < -0.39 is 32.5 Å². The number of unbranched alkanes of at least 4 members (excludes halogenated alkanes) is 22. The molecule has 0 aliphatic carbocycles. The fourth-order valence-corrected chi connectivity index (χ4v) is 6.63. The number of hydrogen-bond donors (Lipinski definition) is 0. The Balaban J connectivity index is 0.0000250. The maximum atomic E-state index is 13.0. The summed E-state index contributed by atoms with van der Waals surface area (Å²) < 4.78 is 46.6. The van der Waals surface area contributed by atoms with Crippen LogP contribution in [0, 0.1) is 0 Å². The van der Waals surface area contributed by atoms with Crippen LogP contribution in [0.15, 0.2) is 47.4 Å². The SMILES string of the molecule is CCCCC/C=C/CCCCCCCCCCOC(=O)c1cccc(S(=O)(=O)[O-])c1C(=O)OCCCCCCCCCC/C=C/CCCCC.[Na+]. The molecule has 0 aliphatic rings. The molecule has 1 aromatic rings. The van der Waals surface area contributed by atoms with Crippen LogP contribution in [0.25, 0.3) is 0 Å². The Kier molecular flexibility index (Phi) is 33.4. The Morgan fingerprint density at radius 3 is 1.29 bits per heavy atom. The summed E-state index contributed by atoms with van der Waals surface area (Å²) in [6.45, 7) is 4.69. The smallest absolute Gasteiger partial charge is 0.744 e. The molecule has 0 radical (unpaired) electrons. The average Bonchev–Trinajstić information content (AvgIpc) is 3.10. The second-order valence-corrected chi connectivity index (χ2v) is 14.9. The van der Waals surface area contributed by atoms with E-state index in [1.165, 1.54) is 121 Å². The monoisotopic (exact) mass is 740 g/mol. The van der Waals surface area contributed by atoms with Crippen LogP contribution in [0.1, 0.15) is 202 Å². The van der Waals surface area contributed by atoms with Crippen molar-refractivity contribution in [2.45, 2.75) is 186 Å². The molecular formula is C42H69NaO7S. The molecule has 0 aliphatic heterocycles. The van der Waals surface area contributed by atoms with Gasteiger partial charge in [0.05, 0.1) is 29.2 Å². The zero-order valence-corrected chi connectivity index (χ0v) is 35.4. The van der Waals surface area contributed by atoms with Crippen molar-refractivity contribution in [3.8, 4) is 0 Å². The van der Waals surface area contributed by atoms with E-state index in [9.17, 15) is 22.6 Å². The minimum absolute atomic E-state index is 0. The number of hydrogen-bond acceptors (Lipinski definition) is 7. The molecule has 0 spiro atoms. The number of carbonyl (C=O) groups excluding carboxylic acids is 2. The first-order chi connectivity index (χ1) is 24.3. The number of carbonyl (C=O) groups is 2. The Morgan fingerprint density at radius 2 is 0.902 bits per heavy atom. The predicted molar refractivity (Wildman–Crippen MR) is 205 cm³/mol. The molecule has 0 amide bonds. The number of ether oxygens (including phenoxy) is 2. The molecule has 0 atom stereocenters. The zero-order valence-electron chi connectivity index (χ0n) is 32.6. The van der Waals surface area contributed by atoms with E-state index >= 15 is 0 Å². The molecule has 0 N–H and O–H groups in total. The minimum atomic E-state index is -5.01. The summed E-state index contributed by atoms with van der Waals surface area (Å²) in [6, 6.07) is 3.61. The summed E-state index contributed by atoms with van der Waals surface area (Å²) in [6.07, 6.45) is 38.9. The van der Waals surface area contributed by atoms with Crippen molar-refractivity contribution in [1.29, 1.82) is 0 Å². The van der Waals surface area contributed by atoms with Gasteiger partial charge in [0.1, 0.15) is 10.1 Å². The van der Waals surface area contributed by atoms with E-state index in [1.54, 1.807) is 0 Å². The van der Waals surface area contributed by atoms with Gasteiger partial charge in [0.2, 0.25) is 0 Å². The number of esters is 2. The van der Waals surface area contributed by atoms with Crippen LogP contribution in [0.5, 0.6) is 0 Å². The normalized spacial score (nSPS) is 11.7. The summed E-state index contributed by atoms with van der Waals surface area (Å²) in [5, 5.41) is 0. The van der Waals surface area contributed by atoms with E-state index in [2.05, 4.69) is 38.2 Å². The second kappa shape index (κ2) is 34.3. The third-order valence-corrected chi connectivity index (χ3v) is 9.88. The summed E-state index contributed by atoms with van der Waals surface area (Å²) in [5.41, 5.74) is -0.787. The van der Waals surface area contributed by atoms with Crippen molar-refractivity contribution < 1.29 is 61.6 Å². The summed E-state index contributed by atoms with van der Waals surface area (Å²) in [5.74, 6) is -1.82. The van der Waals surface area contributed by atoms with E-state index in [0.29, 0.717) is 12.8 Å². The van der Waals surface area contributed by atoms with E-state index in [4.69, 9.17) is 9.47 Å². The van der Waals surface area contributed by atoms with Crippen molar-refractivity contribution in [3.05, 3.63) is 53.6 Å². The molecule has 1 aromatic carbocycles.